The van der Waals surface area contributed by atoms with Crippen molar-refractivity contribution in [2.75, 3.05) is 37.8 Å². The first kappa shape index (κ1) is 25.6. The molecule has 12 heteroatoms. The van der Waals surface area contributed by atoms with E-state index in [2.05, 4.69) is 5.32 Å². The lowest BCUT2D eigenvalue weighted by Crippen LogP contribution is -2.48. The number of halogens is 1. The largest absolute Gasteiger partial charge is 0.492 e. The van der Waals surface area contributed by atoms with Crippen molar-refractivity contribution in [2.24, 2.45) is 0 Å². The number of anilines is 1. The Morgan fingerprint density at radius 2 is 1.72 bits per heavy atom. The minimum absolute atomic E-state index is 0.0409. The molecule has 2 rings (SSSR count). The molecular formula is C20H26FN3O6S2. The third-order valence-electron chi connectivity index (χ3n) is 4.42. The van der Waals surface area contributed by atoms with Gasteiger partial charge < -0.3 is 10.1 Å². The summed E-state index contributed by atoms with van der Waals surface area (Å²) in [6.07, 6.45) is 0.935. The van der Waals surface area contributed by atoms with Crippen molar-refractivity contribution in [3.8, 4) is 5.75 Å². The molecule has 0 aromatic heterocycles. The van der Waals surface area contributed by atoms with Crippen LogP contribution < -0.4 is 14.4 Å². The normalized spacial score (nSPS) is 12.9. The fourth-order valence-electron chi connectivity index (χ4n) is 2.83. The molecule has 32 heavy (non-hydrogen) atoms. The molecule has 9 nitrogen and oxygen atoms in total. The zero-order chi connectivity index (χ0) is 24.1. The van der Waals surface area contributed by atoms with Crippen molar-refractivity contribution in [1.82, 2.24) is 9.62 Å². The molecule has 0 aliphatic heterocycles. The second-order valence-electron chi connectivity index (χ2n) is 7.11. The number of carbonyl (C=O) groups excluding carboxylic acids is 1. The van der Waals surface area contributed by atoms with Crippen LogP contribution in [0.4, 0.5) is 10.1 Å². The maximum Gasteiger partial charge on any atom is 0.243 e. The van der Waals surface area contributed by atoms with Crippen molar-refractivity contribution >= 4 is 31.6 Å². The van der Waals surface area contributed by atoms with E-state index in [0.29, 0.717) is 5.75 Å². The average molecular weight is 488 g/mol. The molecule has 0 saturated carbocycles. The Balaban J connectivity index is 1.95. The number of sulfonamides is 2. The third kappa shape index (κ3) is 6.40. The summed E-state index contributed by atoms with van der Waals surface area (Å²) in [6.45, 7) is 1.53. The first-order valence-electron chi connectivity index (χ1n) is 9.52. The predicted octanol–water partition coefficient (Wildman–Crippen LogP) is 1.43. The number of hydrogen-bond acceptors (Lipinski definition) is 6. The third-order valence-corrected chi connectivity index (χ3v) is 7.49. The zero-order valence-corrected chi connectivity index (χ0v) is 19.8. The Kier molecular flexibility index (Phi) is 8.21. The van der Waals surface area contributed by atoms with Crippen LogP contribution in [0.3, 0.4) is 0 Å². The van der Waals surface area contributed by atoms with E-state index in [1.807, 2.05) is 0 Å². The van der Waals surface area contributed by atoms with Gasteiger partial charge in [-0.15, -0.1) is 0 Å². The first-order valence-corrected chi connectivity index (χ1v) is 12.8. The summed E-state index contributed by atoms with van der Waals surface area (Å²) in [7, 11) is -4.53. The summed E-state index contributed by atoms with van der Waals surface area (Å²) in [4.78, 5) is 12.6. The molecule has 0 fully saturated rings. The van der Waals surface area contributed by atoms with Crippen LogP contribution in [0.2, 0.25) is 0 Å². The van der Waals surface area contributed by atoms with Gasteiger partial charge in [-0.25, -0.2) is 25.5 Å². The summed E-state index contributed by atoms with van der Waals surface area (Å²) < 4.78 is 69.5. The van der Waals surface area contributed by atoms with E-state index >= 15 is 0 Å². The molecule has 0 saturated heterocycles. The number of hydrogen-bond donors (Lipinski definition) is 1. The molecule has 1 atom stereocenters. The number of ether oxygens (including phenoxy) is 1. The topological polar surface area (TPSA) is 113 Å². The summed E-state index contributed by atoms with van der Waals surface area (Å²) in [6, 6.07) is 9.66. The Morgan fingerprint density at radius 1 is 1.09 bits per heavy atom. The molecule has 1 amide bonds. The zero-order valence-electron chi connectivity index (χ0n) is 18.1. The number of rotatable bonds is 10. The first-order chi connectivity index (χ1) is 14.8. The highest BCUT2D eigenvalue weighted by atomic mass is 32.2. The molecule has 1 N–H and O–H groups in total. The number of nitrogens with one attached hydrogen (secondary N) is 1. The van der Waals surface area contributed by atoms with Crippen LogP contribution in [0, 0.1) is 5.82 Å². The highest BCUT2D eigenvalue weighted by Gasteiger charge is 2.29. The second kappa shape index (κ2) is 10.3. The quantitative estimate of drug-likeness (QED) is 0.507. The van der Waals surface area contributed by atoms with E-state index in [0.717, 1.165) is 20.9 Å². The lowest BCUT2D eigenvalue weighted by atomic mass is 10.2. The Morgan fingerprint density at radius 3 is 2.25 bits per heavy atom. The number of carbonyl (C=O) groups is 1. The van der Waals surface area contributed by atoms with Gasteiger partial charge in [0.2, 0.25) is 26.0 Å². The van der Waals surface area contributed by atoms with Crippen LogP contribution >= 0.6 is 0 Å². The molecular weight excluding hydrogens is 461 g/mol. The molecule has 1 unspecified atom stereocenters. The molecule has 176 valence electrons. The standard InChI is InChI=1S/C20H26FN3O6S2/c1-15(24(31(4,26)27)17-7-5-6-16(21)14-17)20(25)22-12-13-30-18-8-10-19(11-9-18)32(28,29)23(2)3/h5-11,14-15H,12-13H2,1-4H3,(H,22,25). The molecule has 0 radical (unpaired) electrons. The van der Waals surface area contributed by atoms with Gasteiger partial charge in [-0.1, -0.05) is 6.07 Å². The fraction of sp³-hybridized carbons (Fsp3) is 0.350. The van der Waals surface area contributed by atoms with Gasteiger partial charge in [-0.3, -0.25) is 9.10 Å². The van der Waals surface area contributed by atoms with Gasteiger partial charge in [0, 0.05) is 14.1 Å². The van der Waals surface area contributed by atoms with Crippen LogP contribution in [0.5, 0.6) is 5.75 Å². The van der Waals surface area contributed by atoms with Gasteiger partial charge >= 0.3 is 0 Å². The highest BCUT2D eigenvalue weighted by Crippen LogP contribution is 2.22. The molecule has 0 bridgehead atoms. The van der Waals surface area contributed by atoms with Gasteiger partial charge in [0.25, 0.3) is 0 Å². The second-order valence-corrected chi connectivity index (χ2v) is 11.1. The lowest BCUT2D eigenvalue weighted by molar-refractivity contribution is -0.121. The molecule has 0 spiro atoms. The van der Waals surface area contributed by atoms with Gasteiger partial charge in [0.15, 0.2) is 0 Å². The van der Waals surface area contributed by atoms with E-state index in [1.54, 1.807) is 0 Å². The van der Waals surface area contributed by atoms with Crippen molar-refractivity contribution in [3.63, 3.8) is 0 Å². The molecule has 0 aliphatic carbocycles. The molecule has 0 heterocycles. The molecule has 2 aromatic carbocycles. The van der Waals surface area contributed by atoms with E-state index in [1.165, 1.54) is 63.5 Å². The lowest BCUT2D eigenvalue weighted by Gasteiger charge is -2.28. The summed E-state index contributed by atoms with van der Waals surface area (Å²) >= 11 is 0. The Bertz CT molecular complexity index is 1150. The van der Waals surface area contributed by atoms with Crippen LogP contribution in [0.1, 0.15) is 6.92 Å². The maximum atomic E-state index is 13.5. The van der Waals surface area contributed by atoms with E-state index in [4.69, 9.17) is 4.74 Å². The van der Waals surface area contributed by atoms with Crippen LogP contribution in [0.25, 0.3) is 0 Å². The minimum Gasteiger partial charge on any atom is -0.492 e. The summed E-state index contributed by atoms with van der Waals surface area (Å²) in [5.41, 5.74) is 0.0409. The van der Waals surface area contributed by atoms with Gasteiger partial charge in [-0.05, 0) is 49.4 Å². The van der Waals surface area contributed by atoms with Crippen molar-refractivity contribution in [3.05, 3.63) is 54.3 Å². The van der Waals surface area contributed by atoms with Crippen LogP contribution in [0.15, 0.2) is 53.4 Å². The van der Waals surface area contributed by atoms with Crippen molar-refractivity contribution in [1.29, 1.82) is 0 Å². The van der Waals surface area contributed by atoms with E-state index in [-0.39, 0.29) is 23.7 Å². The minimum atomic E-state index is -3.85. The Hall–Kier alpha value is -2.70. The maximum absolute atomic E-state index is 13.5. The average Bonchev–Trinajstić information content (AvgIpc) is 2.70. The number of nitrogens with zero attached hydrogens (tertiary/aromatic N) is 2. The van der Waals surface area contributed by atoms with Crippen LogP contribution in [-0.2, 0) is 24.8 Å². The smallest absolute Gasteiger partial charge is 0.243 e. The summed E-state index contributed by atoms with van der Waals surface area (Å²) in [5.74, 6) is -0.806. The van der Waals surface area contributed by atoms with Crippen LogP contribution in [-0.4, -0.2) is 66.6 Å². The monoisotopic (exact) mass is 487 g/mol. The molecule has 2 aromatic rings. The number of benzene rings is 2. The predicted molar refractivity (Wildman–Crippen MR) is 119 cm³/mol. The SMILES string of the molecule is CC(C(=O)NCCOc1ccc(S(=O)(=O)N(C)C)cc1)N(c1cccc(F)c1)S(C)(=O)=O. The number of amides is 1. The highest BCUT2D eigenvalue weighted by molar-refractivity contribution is 7.92. The van der Waals surface area contributed by atoms with Gasteiger partial charge in [-0.2, -0.15) is 0 Å². The fourth-order valence-corrected chi connectivity index (χ4v) is 4.90. The van der Waals surface area contributed by atoms with E-state index in [9.17, 15) is 26.0 Å². The van der Waals surface area contributed by atoms with Crippen molar-refractivity contribution < 1.29 is 30.8 Å². The summed E-state index contributed by atoms with van der Waals surface area (Å²) in [5, 5.41) is 2.57. The van der Waals surface area contributed by atoms with Gasteiger partial charge in [0.05, 0.1) is 23.4 Å². The van der Waals surface area contributed by atoms with Crippen molar-refractivity contribution in [2.45, 2.75) is 17.9 Å². The van der Waals surface area contributed by atoms with Gasteiger partial charge in [0.1, 0.15) is 24.2 Å². The Labute approximate surface area is 187 Å². The molecule has 0 aliphatic rings. The van der Waals surface area contributed by atoms with E-state index < -0.39 is 37.8 Å².